The molecule has 0 aliphatic heterocycles. The van der Waals surface area contributed by atoms with Crippen LogP contribution < -0.4 is 0 Å². The average Bonchev–Trinajstić information content (AvgIpc) is 2.52. The fourth-order valence-corrected chi connectivity index (χ4v) is 3.30. The van der Waals surface area contributed by atoms with Gasteiger partial charge in [-0.05, 0) is 46.9 Å². The van der Waals surface area contributed by atoms with Crippen LogP contribution in [0, 0.1) is 17.1 Å². The molecule has 0 spiro atoms. The Kier molecular flexibility index (Phi) is 4.91. The first-order chi connectivity index (χ1) is 11.1. The molecule has 0 atom stereocenters. The largest absolute Gasteiger partial charge is 0.218 e. The highest BCUT2D eigenvalue weighted by Gasteiger charge is 2.21. The molecule has 0 heterocycles. The number of nitriles is 1. The Labute approximate surface area is 142 Å². The molecule has 5 heteroatoms. The van der Waals surface area contributed by atoms with Gasteiger partial charge in [0.05, 0.1) is 4.90 Å². The molecule has 3 nitrogen and oxygen atoms in total. The van der Waals surface area contributed by atoms with Gasteiger partial charge in [0.25, 0.3) is 0 Å². The Morgan fingerprint density at radius 2 is 1.58 bits per heavy atom. The number of halogens is 1. The summed E-state index contributed by atoms with van der Waals surface area (Å²) in [7, 11) is -3.97. The molecule has 0 amide bonds. The maximum atomic E-state index is 13.0. The molecule has 0 bridgehead atoms. The molecule has 0 saturated heterocycles. The van der Waals surface area contributed by atoms with Crippen molar-refractivity contribution in [2.24, 2.45) is 0 Å². The van der Waals surface area contributed by atoms with E-state index in [1.54, 1.807) is 18.2 Å². The lowest BCUT2D eigenvalue weighted by Gasteiger charge is -2.18. The molecule has 0 aliphatic carbocycles. The molecule has 0 aliphatic rings. The van der Waals surface area contributed by atoms with E-state index in [4.69, 9.17) is 0 Å². The van der Waals surface area contributed by atoms with E-state index >= 15 is 0 Å². The predicted molar refractivity (Wildman–Crippen MR) is 92.3 cm³/mol. The van der Waals surface area contributed by atoms with Crippen LogP contribution in [-0.2, 0) is 15.3 Å². The minimum Gasteiger partial charge on any atom is -0.218 e. The van der Waals surface area contributed by atoms with Gasteiger partial charge in [0.1, 0.15) is 16.8 Å². The quantitative estimate of drug-likeness (QED) is 0.610. The zero-order valence-corrected chi connectivity index (χ0v) is 14.6. The van der Waals surface area contributed by atoms with Crippen LogP contribution in [0.4, 0.5) is 4.39 Å². The number of hydrogen-bond donors (Lipinski definition) is 0. The molecule has 0 fully saturated rings. The fraction of sp³-hybridized carbons (Fsp3) is 0.211. The van der Waals surface area contributed by atoms with Gasteiger partial charge in [0, 0.05) is 0 Å². The van der Waals surface area contributed by atoms with Crippen LogP contribution in [0.15, 0.2) is 58.3 Å². The van der Waals surface area contributed by atoms with Gasteiger partial charge in [-0.25, -0.2) is 12.8 Å². The lowest BCUT2D eigenvalue weighted by Crippen LogP contribution is -2.10. The molecule has 2 aromatic carbocycles. The van der Waals surface area contributed by atoms with E-state index in [-0.39, 0.29) is 15.2 Å². The number of hydrogen-bond acceptors (Lipinski definition) is 3. The van der Waals surface area contributed by atoms with Gasteiger partial charge in [-0.2, -0.15) is 5.26 Å². The van der Waals surface area contributed by atoms with E-state index in [2.05, 4.69) is 20.8 Å². The first-order valence-corrected chi connectivity index (χ1v) is 8.86. The second-order valence-electron chi connectivity index (χ2n) is 6.45. The molecule has 24 heavy (non-hydrogen) atoms. The third kappa shape index (κ3) is 3.90. The molecule has 0 N–H and O–H groups in total. The summed E-state index contributed by atoms with van der Waals surface area (Å²) in [5, 5.41) is 9.25. The van der Waals surface area contributed by atoms with Crippen LogP contribution in [-0.4, -0.2) is 8.42 Å². The Hall–Kier alpha value is -2.45. The summed E-state index contributed by atoms with van der Waals surface area (Å²) in [6, 6.07) is 13.5. The topological polar surface area (TPSA) is 57.9 Å². The summed E-state index contributed by atoms with van der Waals surface area (Å²) in [6.45, 7) is 6.24. The van der Waals surface area contributed by atoms with Crippen molar-refractivity contribution in [2.45, 2.75) is 31.1 Å². The smallest absolute Gasteiger partial charge is 0.216 e. The number of allylic oxidation sites excluding steroid dienone is 1. The van der Waals surface area contributed by atoms with Crippen LogP contribution >= 0.6 is 0 Å². The molecule has 0 saturated carbocycles. The number of benzene rings is 2. The minimum absolute atomic E-state index is 0.0134. The molecule has 2 rings (SSSR count). The zero-order valence-electron chi connectivity index (χ0n) is 13.7. The Morgan fingerprint density at radius 3 is 2.04 bits per heavy atom. The Bertz CT molecular complexity index is 898. The van der Waals surface area contributed by atoms with Crippen LogP contribution in [0.25, 0.3) is 6.08 Å². The lowest BCUT2D eigenvalue weighted by atomic mass is 9.87. The van der Waals surface area contributed by atoms with Crippen molar-refractivity contribution < 1.29 is 12.8 Å². The van der Waals surface area contributed by atoms with Crippen LogP contribution in [0.5, 0.6) is 0 Å². The van der Waals surface area contributed by atoms with Crippen molar-refractivity contribution in [1.82, 2.24) is 0 Å². The van der Waals surface area contributed by atoms with E-state index in [9.17, 15) is 18.1 Å². The molecule has 124 valence electrons. The third-order valence-corrected chi connectivity index (χ3v) is 5.28. The molecular weight excluding hydrogens is 325 g/mol. The van der Waals surface area contributed by atoms with Gasteiger partial charge < -0.3 is 0 Å². The number of sulfone groups is 1. The van der Waals surface area contributed by atoms with Gasteiger partial charge in [-0.1, -0.05) is 45.0 Å². The van der Waals surface area contributed by atoms with E-state index in [1.807, 2.05) is 12.1 Å². The van der Waals surface area contributed by atoms with Crippen molar-refractivity contribution in [3.8, 4) is 6.07 Å². The summed E-state index contributed by atoms with van der Waals surface area (Å²) in [5.74, 6) is -0.533. The maximum Gasteiger partial charge on any atom is 0.216 e. The van der Waals surface area contributed by atoms with Crippen molar-refractivity contribution in [3.05, 3.63) is 70.4 Å². The SMILES string of the molecule is CC(C)(C)c1ccc(C=C(C#N)S(=O)(=O)c2ccc(F)cc2)cc1. The molecule has 0 aromatic heterocycles. The van der Waals surface area contributed by atoms with Gasteiger partial charge in [0.15, 0.2) is 0 Å². The van der Waals surface area contributed by atoms with E-state index in [0.717, 1.165) is 29.8 Å². The summed E-state index contributed by atoms with van der Waals surface area (Å²) in [5.41, 5.74) is 1.71. The Balaban J connectivity index is 2.42. The summed E-state index contributed by atoms with van der Waals surface area (Å²) in [4.78, 5) is -0.486. The van der Waals surface area contributed by atoms with Crippen molar-refractivity contribution in [2.75, 3.05) is 0 Å². The van der Waals surface area contributed by atoms with Gasteiger partial charge in [0.2, 0.25) is 9.84 Å². The van der Waals surface area contributed by atoms with E-state index < -0.39 is 15.7 Å². The third-order valence-electron chi connectivity index (χ3n) is 3.60. The Morgan fingerprint density at radius 1 is 1.04 bits per heavy atom. The molecule has 0 radical (unpaired) electrons. The first-order valence-electron chi connectivity index (χ1n) is 7.37. The van der Waals surface area contributed by atoms with Crippen LogP contribution in [0.2, 0.25) is 0 Å². The van der Waals surface area contributed by atoms with Gasteiger partial charge in [-0.3, -0.25) is 0 Å². The maximum absolute atomic E-state index is 13.0. The number of nitrogens with zero attached hydrogens (tertiary/aromatic N) is 1. The van der Waals surface area contributed by atoms with Gasteiger partial charge >= 0.3 is 0 Å². The van der Waals surface area contributed by atoms with Crippen molar-refractivity contribution in [1.29, 1.82) is 5.26 Å². The zero-order chi connectivity index (χ0) is 18.0. The lowest BCUT2D eigenvalue weighted by molar-refractivity contribution is 0.590. The molecule has 2 aromatic rings. The minimum atomic E-state index is -3.97. The van der Waals surface area contributed by atoms with E-state index in [0.29, 0.717) is 5.56 Å². The van der Waals surface area contributed by atoms with Crippen molar-refractivity contribution in [3.63, 3.8) is 0 Å². The van der Waals surface area contributed by atoms with E-state index in [1.165, 1.54) is 6.08 Å². The summed E-state index contributed by atoms with van der Waals surface area (Å²) >= 11 is 0. The van der Waals surface area contributed by atoms with Gasteiger partial charge in [-0.15, -0.1) is 0 Å². The summed E-state index contributed by atoms with van der Waals surface area (Å²) in [6.07, 6.45) is 1.32. The first kappa shape index (κ1) is 17.9. The second-order valence-corrected chi connectivity index (χ2v) is 8.37. The normalized spacial score (nSPS) is 12.7. The molecule has 0 unspecified atom stereocenters. The summed E-state index contributed by atoms with van der Waals surface area (Å²) < 4.78 is 37.9. The second kappa shape index (κ2) is 6.58. The van der Waals surface area contributed by atoms with Crippen molar-refractivity contribution >= 4 is 15.9 Å². The predicted octanol–water partition coefficient (Wildman–Crippen LogP) is 4.46. The highest BCUT2D eigenvalue weighted by Crippen LogP contribution is 2.25. The standard InChI is InChI=1S/C19H18FNO2S/c1-19(2,3)15-6-4-14(5-7-15)12-18(13-21)24(22,23)17-10-8-16(20)9-11-17/h4-12H,1-3H3. The monoisotopic (exact) mass is 343 g/mol. The van der Waals surface area contributed by atoms with Crippen LogP contribution in [0.1, 0.15) is 31.9 Å². The molecular formula is C19H18FNO2S. The highest BCUT2D eigenvalue weighted by atomic mass is 32.2. The number of rotatable bonds is 3. The van der Waals surface area contributed by atoms with Crippen LogP contribution in [0.3, 0.4) is 0 Å². The average molecular weight is 343 g/mol. The highest BCUT2D eigenvalue weighted by molar-refractivity contribution is 7.95. The fourth-order valence-electron chi connectivity index (χ4n) is 2.14.